The van der Waals surface area contributed by atoms with Gasteiger partial charge in [0.1, 0.15) is 0 Å². The number of ether oxygens (including phenoxy) is 2. The summed E-state index contributed by atoms with van der Waals surface area (Å²) in [7, 11) is 2.77. The maximum absolute atomic E-state index is 12.7. The van der Waals surface area contributed by atoms with Crippen molar-refractivity contribution in [1.29, 1.82) is 0 Å². The molecule has 0 amide bonds. The number of esters is 2. The van der Waals surface area contributed by atoms with Crippen molar-refractivity contribution in [2.45, 2.75) is 78.6 Å². The Labute approximate surface area is 210 Å². The molecular weight excluding hydrogens is 440 g/mol. The zero-order chi connectivity index (χ0) is 26.0. The Morgan fingerprint density at radius 2 is 1.86 bits per heavy atom. The summed E-state index contributed by atoms with van der Waals surface area (Å²) in [5.74, 6) is 0.492. The minimum absolute atomic E-state index is 0.0349. The summed E-state index contributed by atoms with van der Waals surface area (Å²) in [5.41, 5.74) is 4.15. The van der Waals surface area contributed by atoms with Crippen LogP contribution < -0.4 is 0 Å². The molecule has 3 aliphatic carbocycles. The van der Waals surface area contributed by atoms with Crippen LogP contribution in [0, 0.1) is 28.6 Å². The van der Waals surface area contributed by atoms with Crippen molar-refractivity contribution in [3.05, 3.63) is 47.6 Å². The zero-order valence-corrected chi connectivity index (χ0v) is 22.2. The third kappa shape index (κ3) is 4.96. The lowest BCUT2D eigenvalue weighted by Gasteiger charge is -2.47. The molecule has 2 fully saturated rings. The number of methoxy groups -OCH3 is 2. The highest BCUT2D eigenvalue weighted by molar-refractivity contribution is 5.99. The first-order valence-corrected chi connectivity index (χ1v) is 12.9. The van der Waals surface area contributed by atoms with Gasteiger partial charge >= 0.3 is 11.9 Å². The normalized spacial score (nSPS) is 32.3. The molecule has 35 heavy (non-hydrogen) atoms. The van der Waals surface area contributed by atoms with Crippen LogP contribution in [0.2, 0.25) is 0 Å². The molecular formula is C30H42O5. The van der Waals surface area contributed by atoms with Crippen molar-refractivity contribution in [2.75, 3.05) is 14.2 Å². The Kier molecular flexibility index (Phi) is 8.28. The van der Waals surface area contributed by atoms with Crippen LogP contribution in [-0.4, -0.2) is 31.9 Å². The van der Waals surface area contributed by atoms with E-state index < -0.39 is 5.97 Å². The van der Waals surface area contributed by atoms with Crippen LogP contribution in [0.15, 0.2) is 47.6 Å². The SMILES string of the molecule is C=C(C)[C@@H]1CC=C2[C@@H](CC[C@@]23C(=C)CC[C@@]3(C)CCC(=O)/C=C(\C)C(=O)OC)[C@H]1CCC(=O)OC. The van der Waals surface area contributed by atoms with Gasteiger partial charge in [-0.3, -0.25) is 9.59 Å². The van der Waals surface area contributed by atoms with Crippen molar-refractivity contribution in [1.82, 2.24) is 0 Å². The molecule has 0 heterocycles. The van der Waals surface area contributed by atoms with E-state index >= 15 is 0 Å². The highest BCUT2D eigenvalue weighted by atomic mass is 16.5. The fourth-order valence-corrected chi connectivity index (χ4v) is 7.41. The van der Waals surface area contributed by atoms with Crippen LogP contribution in [0.5, 0.6) is 0 Å². The Hall–Kier alpha value is -2.43. The minimum atomic E-state index is -0.466. The molecule has 3 rings (SSSR count). The quantitative estimate of drug-likeness (QED) is 0.219. The van der Waals surface area contributed by atoms with Gasteiger partial charge in [0.2, 0.25) is 0 Å². The van der Waals surface area contributed by atoms with Crippen molar-refractivity contribution in [3.8, 4) is 0 Å². The summed E-state index contributed by atoms with van der Waals surface area (Å²) in [6, 6.07) is 0. The van der Waals surface area contributed by atoms with Gasteiger partial charge < -0.3 is 9.47 Å². The van der Waals surface area contributed by atoms with Gasteiger partial charge in [0, 0.05) is 23.8 Å². The molecule has 192 valence electrons. The van der Waals surface area contributed by atoms with E-state index in [9.17, 15) is 14.4 Å². The molecule has 5 heteroatoms. The maximum Gasteiger partial charge on any atom is 0.333 e. The second kappa shape index (κ2) is 10.7. The van der Waals surface area contributed by atoms with E-state index in [-0.39, 0.29) is 22.6 Å². The molecule has 0 aliphatic heterocycles. The predicted molar refractivity (Wildman–Crippen MR) is 137 cm³/mol. The lowest BCUT2D eigenvalue weighted by Crippen LogP contribution is -2.39. The molecule has 0 aromatic rings. The molecule has 0 bridgehead atoms. The molecule has 1 spiro atoms. The number of rotatable bonds is 9. The monoisotopic (exact) mass is 482 g/mol. The molecule has 0 aromatic carbocycles. The van der Waals surface area contributed by atoms with E-state index in [0.29, 0.717) is 36.2 Å². The lowest BCUT2D eigenvalue weighted by molar-refractivity contribution is -0.141. The highest BCUT2D eigenvalue weighted by Crippen LogP contribution is 2.71. The third-order valence-electron chi connectivity index (χ3n) is 9.31. The van der Waals surface area contributed by atoms with Gasteiger partial charge in [-0.2, -0.15) is 0 Å². The fourth-order valence-electron chi connectivity index (χ4n) is 7.41. The molecule has 0 N–H and O–H groups in total. The second-order valence-electron chi connectivity index (χ2n) is 11.1. The molecule has 0 aromatic heterocycles. The van der Waals surface area contributed by atoms with E-state index in [0.717, 1.165) is 44.9 Å². The zero-order valence-electron chi connectivity index (χ0n) is 22.2. The average Bonchev–Trinajstić information content (AvgIpc) is 3.35. The molecule has 0 saturated heterocycles. The first kappa shape index (κ1) is 27.2. The van der Waals surface area contributed by atoms with Gasteiger partial charge in [-0.1, -0.05) is 42.9 Å². The second-order valence-corrected chi connectivity index (χ2v) is 11.1. The summed E-state index contributed by atoms with van der Waals surface area (Å²) in [6.07, 6.45) is 11.3. The van der Waals surface area contributed by atoms with E-state index in [1.807, 2.05) is 0 Å². The topological polar surface area (TPSA) is 69.7 Å². The van der Waals surface area contributed by atoms with Gasteiger partial charge in [-0.15, -0.1) is 0 Å². The molecule has 2 saturated carbocycles. The van der Waals surface area contributed by atoms with E-state index in [4.69, 9.17) is 9.47 Å². The van der Waals surface area contributed by atoms with Gasteiger partial charge in [0.15, 0.2) is 5.78 Å². The van der Waals surface area contributed by atoms with E-state index in [1.165, 1.54) is 37.0 Å². The molecule has 0 unspecified atom stereocenters. The summed E-state index contributed by atoms with van der Waals surface area (Å²) in [4.78, 5) is 36.4. The maximum atomic E-state index is 12.7. The number of ketones is 1. The summed E-state index contributed by atoms with van der Waals surface area (Å²) >= 11 is 0. The van der Waals surface area contributed by atoms with Crippen molar-refractivity contribution in [3.63, 3.8) is 0 Å². The Bertz CT molecular complexity index is 969. The Morgan fingerprint density at radius 3 is 2.49 bits per heavy atom. The van der Waals surface area contributed by atoms with E-state index in [2.05, 4.69) is 33.1 Å². The van der Waals surface area contributed by atoms with Crippen LogP contribution in [-0.2, 0) is 23.9 Å². The highest BCUT2D eigenvalue weighted by Gasteiger charge is 2.61. The van der Waals surface area contributed by atoms with Gasteiger partial charge in [0.05, 0.1) is 14.2 Å². The number of fused-ring (bicyclic) bond motifs is 2. The van der Waals surface area contributed by atoms with Crippen LogP contribution >= 0.6 is 0 Å². The summed E-state index contributed by atoms with van der Waals surface area (Å²) in [5, 5.41) is 0. The van der Waals surface area contributed by atoms with Gasteiger partial charge in [0.25, 0.3) is 0 Å². The molecule has 5 nitrogen and oxygen atoms in total. The smallest absolute Gasteiger partial charge is 0.333 e. The number of hydrogen-bond donors (Lipinski definition) is 0. The van der Waals surface area contributed by atoms with Crippen LogP contribution in [0.4, 0.5) is 0 Å². The number of carbonyl (C=O) groups excluding carboxylic acids is 3. The Morgan fingerprint density at radius 1 is 1.14 bits per heavy atom. The first-order valence-electron chi connectivity index (χ1n) is 12.9. The van der Waals surface area contributed by atoms with Crippen molar-refractivity contribution >= 4 is 17.7 Å². The summed E-state index contributed by atoms with van der Waals surface area (Å²) in [6.45, 7) is 14.9. The molecule has 5 atom stereocenters. The first-order chi connectivity index (χ1) is 16.5. The van der Waals surface area contributed by atoms with Gasteiger partial charge in [-0.05, 0) is 88.0 Å². The van der Waals surface area contributed by atoms with Crippen LogP contribution in [0.3, 0.4) is 0 Å². The third-order valence-corrected chi connectivity index (χ3v) is 9.31. The predicted octanol–water partition coefficient (Wildman–Crippen LogP) is 6.30. The van der Waals surface area contributed by atoms with Gasteiger partial charge in [-0.25, -0.2) is 4.79 Å². The minimum Gasteiger partial charge on any atom is -0.469 e. The molecule has 3 aliphatic rings. The van der Waals surface area contributed by atoms with Crippen molar-refractivity contribution < 1.29 is 23.9 Å². The van der Waals surface area contributed by atoms with Crippen LogP contribution in [0.1, 0.15) is 78.6 Å². The largest absolute Gasteiger partial charge is 0.469 e. The fraction of sp³-hybridized carbons (Fsp3) is 0.633. The average molecular weight is 483 g/mol. The number of hydrogen-bond acceptors (Lipinski definition) is 5. The number of allylic oxidation sites excluding steroid dienone is 5. The Balaban J connectivity index is 1.87. The van der Waals surface area contributed by atoms with Crippen molar-refractivity contribution in [2.24, 2.45) is 28.6 Å². The molecule has 0 radical (unpaired) electrons. The van der Waals surface area contributed by atoms with Crippen LogP contribution in [0.25, 0.3) is 0 Å². The summed E-state index contributed by atoms with van der Waals surface area (Å²) < 4.78 is 9.66. The number of carbonyl (C=O) groups is 3. The standard InChI is InChI=1S/C30H42O5/c1-19(2)23-8-10-26-25(24(23)9-11-27(32)34-6)14-17-30(26)21(4)12-15-29(30,5)16-13-22(31)18-20(3)28(33)35-7/h10,18,23-25H,1,4,8-9,11-17H2,2-3,5-7H3/b20-18+/t23-,24-,25-,29-,30+/m0/s1. The van der Waals surface area contributed by atoms with E-state index in [1.54, 1.807) is 6.92 Å². The lowest BCUT2D eigenvalue weighted by atomic mass is 9.57.